The summed E-state index contributed by atoms with van der Waals surface area (Å²) in [5.41, 5.74) is 7.69. The second-order valence-electron chi connectivity index (χ2n) is 7.13. The number of aryl methyl sites for hydroxylation is 1. The maximum Gasteiger partial charge on any atom is 0.222 e. The monoisotopic (exact) mass is 543 g/mol. The molecule has 0 aliphatic carbocycles. The zero-order chi connectivity index (χ0) is 20.6. The van der Waals surface area contributed by atoms with E-state index >= 15 is 0 Å². The van der Waals surface area contributed by atoms with Crippen LogP contribution < -0.4 is 21.3 Å². The molecule has 3 heterocycles. The zero-order valence-corrected chi connectivity index (χ0v) is 20.6. The fraction of sp³-hybridized carbons (Fsp3) is 0.500. The Morgan fingerprint density at radius 2 is 2.27 bits per heavy atom. The molecule has 0 bridgehead atoms. The Hall–Kier alpha value is -1.95. The number of piperidine rings is 1. The molecule has 30 heavy (non-hydrogen) atoms. The zero-order valence-electron chi connectivity index (χ0n) is 17.4. The van der Waals surface area contributed by atoms with Gasteiger partial charge in [-0.25, -0.2) is 9.97 Å². The van der Waals surface area contributed by atoms with Crippen LogP contribution in [0.3, 0.4) is 0 Å². The molecule has 1 amide bonds. The number of aliphatic imine (C=N–C) groups is 1. The molecule has 1 unspecified atom stereocenters. The smallest absolute Gasteiger partial charge is 0.222 e. The van der Waals surface area contributed by atoms with Gasteiger partial charge >= 0.3 is 0 Å². The lowest BCUT2D eigenvalue weighted by molar-refractivity contribution is -0.122. The van der Waals surface area contributed by atoms with E-state index in [4.69, 9.17) is 5.73 Å². The molecule has 1 atom stereocenters. The highest BCUT2D eigenvalue weighted by Gasteiger charge is 2.25. The summed E-state index contributed by atoms with van der Waals surface area (Å²) in [6.07, 6.45) is 4.43. The molecular formula is C20H30IN7OS. The van der Waals surface area contributed by atoms with E-state index in [1.807, 2.05) is 13.0 Å². The van der Waals surface area contributed by atoms with Crippen molar-refractivity contribution >= 4 is 53.0 Å². The number of guanidine groups is 1. The van der Waals surface area contributed by atoms with Gasteiger partial charge in [-0.15, -0.1) is 35.3 Å². The van der Waals surface area contributed by atoms with Gasteiger partial charge in [0.05, 0.1) is 16.6 Å². The van der Waals surface area contributed by atoms with Gasteiger partial charge in [-0.2, -0.15) is 0 Å². The number of carbonyl (C=O) groups excluding carboxylic acids is 1. The standard InChI is InChI=1S/C20H29N7OS.HI/c1-14-26-17(13-29-14)7-9-24-20(22-2)25-11-15-5-3-8-23-19(15)27-10-4-6-16(12-27)18(21)28;/h3,5,8,13,16H,4,6-7,9-12H2,1-2H3,(H2,21,28)(H2,22,24,25);1H. The molecule has 2 aromatic heterocycles. The third-order valence-corrected chi connectivity index (χ3v) is 5.82. The van der Waals surface area contributed by atoms with Crippen LogP contribution in [0.5, 0.6) is 0 Å². The Morgan fingerprint density at radius 1 is 1.43 bits per heavy atom. The van der Waals surface area contributed by atoms with Crippen LogP contribution in [0.4, 0.5) is 5.82 Å². The number of primary amides is 1. The highest BCUT2D eigenvalue weighted by Crippen LogP contribution is 2.24. The fourth-order valence-corrected chi connectivity index (χ4v) is 4.13. The Labute approximate surface area is 198 Å². The third-order valence-electron chi connectivity index (χ3n) is 5.00. The number of pyridine rings is 1. The topological polar surface area (TPSA) is 109 Å². The van der Waals surface area contributed by atoms with E-state index in [1.54, 1.807) is 24.6 Å². The number of anilines is 1. The number of hydrogen-bond donors (Lipinski definition) is 3. The number of nitrogens with one attached hydrogen (secondary N) is 2. The van der Waals surface area contributed by atoms with Crippen molar-refractivity contribution in [3.63, 3.8) is 0 Å². The predicted octanol–water partition coefficient (Wildman–Crippen LogP) is 2.07. The number of carbonyl (C=O) groups is 1. The average Bonchev–Trinajstić information content (AvgIpc) is 3.15. The quantitative estimate of drug-likeness (QED) is 0.281. The minimum atomic E-state index is -0.231. The van der Waals surface area contributed by atoms with Crippen LogP contribution in [0, 0.1) is 12.8 Å². The van der Waals surface area contributed by atoms with Gasteiger partial charge < -0.3 is 21.3 Å². The van der Waals surface area contributed by atoms with Gasteiger partial charge in [0, 0.05) is 56.8 Å². The molecule has 1 aliphatic rings. The highest BCUT2D eigenvalue weighted by molar-refractivity contribution is 14.0. The van der Waals surface area contributed by atoms with Crippen molar-refractivity contribution in [2.24, 2.45) is 16.6 Å². The number of nitrogens with zero attached hydrogens (tertiary/aromatic N) is 4. The number of thiazole rings is 1. The SMILES string of the molecule is CN=C(NCCc1csc(C)n1)NCc1cccnc1N1CCCC(C(N)=O)C1.I. The summed E-state index contributed by atoms with van der Waals surface area (Å²) in [4.78, 5) is 27.1. The summed E-state index contributed by atoms with van der Waals surface area (Å²) in [7, 11) is 1.76. The van der Waals surface area contributed by atoms with Crippen molar-refractivity contribution in [3.05, 3.63) is 40.0 Å². The van der Waals surface area contributed by atoms with Gasteiger partial charge in [0.25, 0.3) is 0 Å². The maximum atomic E-state index is 11.6. The van der Waals surface area contributed by atoms with E-state index in [0.717, 1.165) is 60.4 Å². The molecule has 4 N–H and O–H groups in total. The first-order valence-corrected chi connectivity index (χ1v) is 10.8. The summed E-state index contributed by atoms with van der Waals surface area (Å²) >= 11 is 1.67. The summed E-state index contributed by atoms with van der Waals surface area (Å²) in [6, 6.07) is 3.98. The van der Waals surface area contributed by atoms with Crippen LogP contribution in [0.15, 0.2) is 28.7 Å². The van der Waals surface area contributed by atoms with Gasteiger partial charge in [-0.05, 0) is 25.8 Å². The molecule has 1 saturated heterocycles. The Balaban J connectivity index is 0.00000320. The van der Waals surface area contributed by atoms with E-state index in [-0.39, 0.29) is 35.8 Å². The molecule has 0 aromatic carbocycles. The molecule has 2 aromatic rings. The summed E-state index contributed by atoms with van der Waals surface area (Å²) in [6.45, 7) is 4.88. The summed E-state index contributed by atoms with van der Waals surface area (Å²) < 4.78 is 0. The molecule has 0 saturated carbocycles. The molecule has 10 heteroatoms. The van der Waals surface area contributed by atoms with Gasteiger partial charge in [-0.1, -0.05) is 6.07 Å². The summed E-state index contributed by atoms with van der Waals surface area (Å²) in [5, 5.41) is 9.86. The number of halogens is 1. The molecule has 0 spiro atoms. The van der Waals surface area contributed by atoms with Crippen LogP contribution in [-0.2, 0) is 17.8 Å². The number of hydrogen-bond acceptors (Lipinski definition) is 6. The van der Waals surface area contributed by atoms with E-state index in [2.05, 4.69) is 41.9 Å². The number of amides is 1. The predicted molar refractivity (Wildman–Crippen MR) is 133 cm³/mol. The largest absolute Gasteiger partial charge is 0.369 e. The first-order valence-electron chi connectivity index (χ1n) is 9.90. The van der Waals surface area contributed by atoms with E-state index in [0.29, 0.717) is 13.1 Å². The third kappa shape index (κ3) is 6.79. The van der Waals surface area contributed by atoms with Crippen LogP contribution in [0.25, 0.3) is 0 Å². The number of nitrogens with two attached hydrogens (primary N) is 1. The molecule has 1 aliphatic heterocycles. The van der Waals surface area contributed by atoms with Crippen LogP contribution in [0.2, 0.25) is 0 Å². The first kappa shape index (κ1) is 24.3. The van der Waals surface area contributed by atoms with Crippen molar-refractivity contribution in [1.82, 2.24) is 20.6 Å². The van der Waals surface area contributed by atoms with Crippen molar-refractivity contribution < 1.29 is 4.79 Å². The van der Waals surface area contributed by atoms with Crippen LogP contribution in [-0.4, -0.2) is 48.5 Å². The van der Waals surface area contributed by atoms with Gasteiger partial charge in [-0.3, -0.25) is 9.79 Å². The molecule has 164 valence electrons. The van der Waals surface area contributed by atoms with Gasteiger partial charge in [0.1, 0.15) is 5.82 Å². The Morgan fingerprint density at radius 3 is 2.97 bits per heavy atom. The lowest BCUT2D eigenvalue weighted by Gasteiger charge is -2.33. The van der Waals surface area contributed by atoms with E-state index < -0.39 is 0 Å². The number of aromatic nitrogens is 2. The minimum absolute atomic E-state index is 0. The first-order chi connectivity index (χ1) is 14.1. The lowest BCUT2D eigenvalue weighted by Crippen LogP contribution is -2.42. The van der Waals surface area contributed by atoms with E-state index in [9.17, 15) is 4.79 Å². The van der Waals surface area contributed by atoms with Crippen molar-refractivity contribution in [2.75, 3.05) is 31.6 Å². The van der Waals surface area contributed by atoms with Crippen molar-refractivity contribution in [1.29, 1.82) is 0 Å². The maximum absolute atomic E-state index is 11.6. The van der Waals surface area contributed by atoms with Gasteiger partial charge in [0.15, 0.2) is 5.96 Å². The van der Waals surface area contributed by atoms with Gasteiger partial charge in [0.2, 0.25) is 5.91 Å². The minimum Gasteiger partial charge on any atom is -0.369 e. The Kier molecular flexibility index (Phi) is 9.76. The molecule has 0 radical (unpaired) electrons. The Bertz CT molecular complexity index is 857. The van der Waals surface area contributed by atoms with Crippen LogP contribution >= 0.6 is 35.3 Å². The number of rotatable bonds is 7. The average molecular weight is 543 g/mol. The normalized spacial score (nSPS) is 16.7. The van der Waals surface area contributed by atoms with Crippen LogP contribution in [0.1, 0.15) is 29.1 Å². The second-order valence-corrected chi connectivity index (χ2v) is 8.20. The van der Waals surface area contributed by atoms with Crippen molar-refractivity contribution in [3.8, 4) is 0 Å². The molecule has 3 rings (SSSR count). The lowest BCUT2D eigenvalue weighted by atomic mass is 9.97. The summed E-state index contributed by atoms with van der Waals surface area (Å²) in [5.74, 6) is 1.29. The fourth-order valence-electron chi connectivity index (χ4n) is 3.49. The van der Waals surface area contributed by atoms with Crippen molar-refractivity contribution in [2.45, 2.75) is 32.7 Å². The van der Waals surface area contributed by atoms with E-state index in [1.165, 1.54) is 0 Å². The second kappa shape index (κ2) is 12.0. The molecule has 1 fully saturated rings. The molecular weight excluding hydrogens is 513 g/mol. The highest BCUT2D eigenvalue weighted by atomic mass is 127. The molecule has 8 nitrogen and oxygen atoms in total.